The lowest BCUT2D eigenvalue weighted by atomic mass is 10.1. The minimum atomic E-state index is 0.155. The van der Waals surface area contributed by atoms with Crippen LogP contribution < -0.4 is 0 Å². The second-order valence-electron chi connectivity index (χ2n) is 5.90. The van der Waals surface area contributed by atoms with E-state index in [4.69, 9.17) is 16.0 Å². The van der Waals surface area contributed by atoms with Crippen LogP contribution in [0.25, 0.3) is 44.7 Å². The molecule has 2 aromatic heterocycles. The Bertz CT molecular complexity index is 1250. The molecule has 0 aliphatic rings. The maximum absolute atomic E-state index is 6.19. The highest BCUT2D eigenvalue weighted by atomic mass is 35.5. The van der Waals surface area contributed by atoms with Crippen molar-refractivity contribution in [3.8, 4) is 22.8 Å². The summed E-state index contributed by atoms with van der Waals surface area (Å²) in [4.78, 5) is 13.2. The van der Waals surface area contributed by atoms with Gasteiger partial charge in [-0.1, -0.05) is 60.7 Å². The number of benzene rings is 3. The number of hydrogen-bond donors (Lipinski definition) is 0. The lowest BCUT2D eigenvalue weighted by Crippen LogP contribution is -1.97. The van der Waals surface area contributed by atoms with Gasteiger partial charge in [-0.3, -0.25) is 0 Å². The molecule has 0 amide bonds. The largest absolute Gasteiger partial charge is 0.455 e. The molecule has 0 N–H and O–H groups in total. The van der Waals surface area contributed by atoms with Crippen LogP contribution >= 0.6 is 11.6 Å². The summed E-state index contributed by atoms with van der Waals surface area (Å²) in [5, 5.41) is 2.24. The Balaban J connectivity index is 1.77. The molecule has 4 nitrogen and oxygen atoms in total. The van der Waals surface area contributed by atoms with Crippen LogP contribution in [0, 0.1) is 0 Å². The number of rotatable bonds is 2. The number of nitrogens with zero attached hydrogens (tertiary/aromatic N) is 3. The van der Waals surface area contributed by atoms with Gasteiger partial charge in [0, 0.05) is 16.3 Å². The number of furan rings is 1. The van der Waals surface area contributed by atoms with Crippen molar-refractivity contribution in [1.29, 1.82) is 0 Å². The van der Waals surface area contributed by atoms with E-state index in [0.717, 1.165) is 33.1 Å². The predicted molar refractivity (Wildman–Crippen MR) is 103 cm³/mol. The summed E-state index contributed by atoms with van der Waals surface area (Å²) in [7, 11) is 0. The summed E-state index contributed by atoms with van der Waals surface area (Å²) in [5.41, 5.74) is 3.25. The van der Waals surface area contributed by atoms with E-state index in [1.54, 1.807) is 0 Å². The summed E-state index contributed by atoms with van der Waals surface area (Å²) >= 11 is 6.19. The summed E-state index contributed by atoms with van der Waals surface area (Å²) in [6.45, 7) is 0. The van der Waals surface area contributed by atoms with Crippen LogP contribution in [-0.2, 0) is 0 Å². The third kappa shape index (κ3) is 2.43. The molecule has 5 aromatic rings. The molecular weight excluding hydrogens is 346 g/mol. The van der Waals surface area contributed by atoms with Crippen LogP contribution in [0.4, 0.5) is 0 Å². The Hall–Kier alpha value is -3.24. The fraction of sp³-hybridized carbons (Fsp3) is 0. The second kappa shape index (κ2) is 5.93. The van der Waals surface area contributed by atoms with E-state index < -0.39 is 0 Å². The molecule has 3 aromatic carbocycles. The number of fused-ring (bicyclic) bond motifs is 3. The maximum Gasteiger partial charge on any atom is 0.226 e. The van der Waals surface area contributed by atoms with Gasteiger partial charge in [0.05, 0.1) is 5.56 Å². The van der Waals surface area contributed by atoms with Crippen LogP contribution in [0.1, 0.15) is 0 Å². The van der Waals surface area contributed by atoms with Crippen LogP contribution in [0.2, 0.25) is 5.28 Å². The normalized spacial score (nSPS) is 11.3. The molecular formula is C21H12ClN3O. The maximum atomic E-state index is 6.19. The Kier molecular flexibility index (Phi) is 3.43. The average Bonchev–Trinajstić information content (AvgIpc) is 3.07. The van der Waals surface area contributed by atoms with Gasteiger partial charge in [-0.05, 0) is 23.7 Å². The van der Waals surface area contributed by atoms with Crippen molar-refractivity contribution in [2.75, 3.05) is 0 Å². The van der Waals surface area contributed by atoms with Crippen molar-refractivity contribution in [3.63, 3.8) is 0 Å². The van der Waals surface area contributed by atoms with Gasteiger partial charge in [0.25, 0.3) is 0 Å². The second-order valence-corrected chi connectivity index (χ2v) is 6.24. The molecule has 0 unspecified atom stereocenters. The third-order valence-electron chi connectivity index (χ3n) is 4.29. The molecule has 0 radical (unpaired) electrons. The molecule has 0 aliphatic heterocycles. The molecule has 5 heteroatoms. The Morgan fingerprint density at radius 2 is 1.38 bits per heavy atom. The first kappa shape index (κ1) is 15.0. The zero-order chi connectivity index (χ0) is 17.5. The van der Waals surface area contributed by atoms with Crippen LogP contribution in [0.5, 0.6) is 0 Å². The summed E-state index contributed by atoms with van der Waals surface area (Å²) in [5.74, 6) is 1.03. The zero-order valence-corrected chi connectivity index (χ0v) is 14.3. The number of hydrogen-bond acceptors (Lipinski definition) is 4. The number of para-hydroxylation sites is 2. The van der Waals surface area contributed by atoms with Gasteiger partial charge in [0.15, 0.2) is 11.6 Å². The van der Waals surface area contributed by atoms with Crippen molar-refractivity contribution >= 4 is 33.5 Å². The smallest absolute Gasteiger partial charge is 0.226 e. The molecule has 124 valence electrons. The molecule has 2 heterocycles. The monoisotopic (exact) mass is 357 g/mol. The summed E-state index contributed by atoms with van der Waals surface area (Å²) < 4.78 is 6.08. The van der Waals surface area contributed by atoms with E-state index in [9.17, 15) is 0 Å². The van der Waals surface area contributed by atoms with Gasteiger partial charge in [-0.2, -0.15) is 9.97 Å². The fourth-order valence-electron chi connectivity index (χ4n) is 3.11. The Morgan fingerprint density at radius 3 is 2.27 bits per heavy atom. The van der Waals surface area contributed by atoms with E-state index in [1.807, 2.05) is 72.8 Å². The minimum absolute atomic E-state index is 0.155. The van der Waals surface area contributed by atoms with Crippen molar-refractivity contribution in [1.82, 2.24) is 15.0 Å². The molecule has 0 aliphatic carbocycles. The van der Waals surface area contributed by atoms with Crippen LogP contribution in [0.15, 0.2) is 77.2 Å². The standard InChI is InChI=1S/C21H12ClN3O/c22-21-24-19(13-7-2-1-3-8-13)23-20(25-21)16-11-6-10-15-14-9-4-5-12-17(14)26-18(15)16/h1-12H. The van der Waals surface area contributed by atoms with Crippen molar-refractivity contribution in [2.45, 2.75) is 0 Å². The first-order valence-corrected chi connectivity index (χ1v) is 8.55. The first-order chi connectivity index (χ1) is 12.8. The lowest BCUT2D eigenvalue weighted by molar-refractivity contribution is 0.669. The van der Waals surface area contributed by atoms with Gasteiger partial charge >= 0.3 is 0 Å². The van der Waals surface area contributed by atoms with E-state index >= 15 is 0 Å². The van der Waals surface area contributed by atoms with E-state index in [1.165, 1.54) is 0 Å². The number of halogens is 1. The molecule has 26 heavy (non-hydrogen) atoms. The molecule has 0 spiro atoms. The third-order valence-corrected chi connectivity index (χ3v) is 4.45. The highest BCUT2D eigenvalue weighted by Crippen LogP contribution is 2.35. The average molecular weight is 358 g/mol. The van der Waals surface area contributed by atoms with E-state index in [-0.39, 0.29) is 5.28 Å². The van der Waals surface area contributed by atoms with Gasteiger partial charge in [-0.15, -0.1) is 0 Å². The lowest BCUT2D eigenvalue weighted by Gasteiger charge is -2.05. The van der Waals surface area contributed by atoms with Crippen molar-refractivity contribution in [2.24, 2.45) is 0 Å². The van der Waals surface area contributed by atoms with Crippen LogP contribution in [-0.4, -0.2) is 15.0 Å². The molecule has 0 saturated heterocycles. The SMILES string of the molecule is Clc1nc(-c2ccccc2)nc(-c2cccc3c2oc2ccccc23)n1. The zero-order valence-electron chi connectivity index (χ0n) is 13.6. The molecule has 0 bridgehead atoms. The molecule has 0 fully saturated rings. The Morgan fingerprint density at radius 1 is 0.654 bits per heavy atom. The van der Waals surface area contributed by atoms with Gasteiger partial charge in [0.1, 0.15) is 11.2 Å². The predicted octanol–water partition coefficient (Wildman–Crippen LogP) is 5.76. The highest BCUT2D eigenvalue weighted by molar-refractivity contribution is 6.28. The van der Waals surface area contributed by atoms with Gasteiger partial charge in [0.2, 0.25) is 5.28 Å². The quantitative estimate of drug-likeness (QED) is 0.403. The van der Waals surface area contributed by atoms with Gasteiger partial charge < -0.3 is 4.42 Å². The van der Waals surface area contributed by atoms with Gasteiger partial charge in [-0.25, -0.2) is 4.98 Å². The van der Waals surface area contributed by atoms with Crippen LogP contribution in [0.3, 0.4) is 0 Å². The van der Waals surface area contributed by atoms with E-state index in [0.29, 0.717) is 11.6 Å². The molecule has 0 atom stereocenters. The Labute approximate surface area is 154 Å². The fourth-order valence-corrected chi connectivity index (χ4v) is 3.27. The first-order valence-electron chi connectivity index (χ1n) is 8.17. The number of aromatic nitrogens is 3. The van der Waals surface area contributed by atoms with E-state index in [2.05, 4.69) is 15.0 Å². The molecule has 0 saturated carbocycles. The summed E-state index contributed by atoms with van der Waals surface area (Å²) in [6, 6.07) is 23.6. The summed E-state index contributed by atoms with van der Waals surface area (Å²) in [6.07, 6.45) is 0. The molecule has 5 rings (SSSR count). The van der Waals surface area contributed by atoms with Crippen molar-refractivity contribution < 1.29 is 4.42 Å². The topological polar surface area (TPSA) is 51.8 Å². The van der Waals surface area contributed by atoms with Crippen molar-refractivity contribution in [3.05, 3.63) is 78.1 Å². The minimum Gasteiger partial charge on any atom is -0.455 e. The highest BCUT2D eigenvalue weighted by Gasteiger charge is 2.15.